The number of benzene rings is 2. The Balaban J connectivity index is 1.45. The lowest BCUT2D eigenvalue weighted by Crippen LogP contribution is -2.39. The number of nitrogens with zero attached hydrogens (tertiary/aromatic N) is 5. The van der Waals surface area contributed by atoms with E-state index in [1.807, 2.05) is 18.2 Å². The number of nitro groups is 1. The van der Waals surface area contributed by atoms with Gasteiger partial charge in [0.05, 0.1) is 4.92 Å². The molecule has 1 aromatic heterocycles. The molecule has 29 heavy (non-hydrogen) atoms. The lowest BCUT2D eigenvalue weighted by atomic mass is 9.90. The van der Waals surface area contributed by atoms with Gasteiger partial charge < -0.3 is 4.90 Å². The number of amides is 1. The summed E-state index contributed by atoms with van der Waals surface area (Å²) >= 11 is 0. The van der Waals surface area contributed by atoms with Gasteiger partial charge in [-0.1, -0.05) is 30.3 Å². The van der Waals surface area contributed by atoms with Crippen molar-refractivity contribution in [3.8, 4) is 5.69 Å². The summed E-state index contributed by atoms with van der Waals surface area (Å²) in [5.41, 5.74) is 1.75. The molecule has 2 heterocycles. The minimum absolute atomic E-state index is 0.166. The molecule has 1 saturated heterocycles. The van der Waals surface area contributed by atoms with Gasteiger partial charge in [-0.2, -0.15) is 5.10 Å². The van der Waals surface area contributed by atoms with Crippen LogP contribution in [-0.2, 0) is 6.42 Å². The molecule has 1 aliphatic heterocycles. The standard InChI is InChI=1S/C21H21N5O3/c27-21(24-10-8-17(9-11-24)12-16-4-2-1-3-5-16)18-6-7-19(20(13-18)26(28)29)25-15-22-14-23-25/h1-7,13-15,17H,8-12H2. The molecule has 4 rings (SSSR count). The molecule has 8 nitrogen and oxygen atoms in total. The molecule has 3 aromatic rings. The van der Waals surface area contributed by atoms with Crippen LogP contribution in [0.5, 0.6) is 0 Å². The maximum absolute atomic E-state index is 12.9. The van der Waals surface area contributed by atoms with E-state index in [1.54, 1.807) is 17.0 Å². The van der Waals surface area contributed by atoms with Crippen LogP contribution in [0.15, 0.2) is 61.2 Å². The second-order valence-corrected chi connectivity index (χ2v) is 7.23. The Labute approximate surface area is 167 Å². The number of aromatic nitrogens is 3. The van der Waals surface area contributed by atoms with E-state index in [1.165, 1.54) is 29.0 Å². The minimum atomic E-state index is -0.500. The molecule has 1 aliphatic rings. The van der Waals surface area contributed by atoms with Crippen LogP contribution in [0.2, 0.25) is 0 Å². The number of nitro benzene ring substituents is 1. The molecule has 0 aliphatic carbocycles. The van der Waals surface area contributed by atoms with E-state index in [2.05, 4.69) is 22.2 Å². The lowest BCUT2D eigenvalue weighted by Gasteiger charge is -2.32. The Morgan fingerprint density at radius 3 is 2.55 bits per heavy atom. The van der Waals surface area contributed by atoms with Crippen LogP contribution in [0.3, 0.4) is 0 Å². The Kier molecular flexibility index (Phi) is 5.33. The lowest BCUT2D eigenvalue weighted by molar-refractivity contribution is -0.384. The van der Waals surface area contributed by atoms with Crippen molar-refractivity contribution in [2.45, 2.75) is 19.3 Å². The summed E-state index contributed by atoms with van der Waals surface area (Å²) in [4.78, 5) is 29.5. The van der Waals surface area contributed by atoms with Crippen molar-refractivity contribution in [2.75, 3.05) is 13.1 Å². The van der Waals surface area contributed by atoms with Crippen molar-refractivity contribution in [3.63, 3.8) is 0 Å². The second-order valence-electron chi connectivity index (χ2n) is 7.23. The first kappa shape index (κ1) is 18.8. The topological polar surface area (TPSA) is 94.2 Å². The van der Waals surface area contributed by atoms with E-state index in [4.69, 9.17) is 0 Å². The number of carbonyl (C=O) groups excluding carboxylic acids is 1. The smallest absolute Gasteiger partial charge is 0.295 e. The number of carbonyl (C=O) groups is 1. The normalized spacial score (nSPS) is 14.7. The fourth-order valence-electron chi connectivity index (χ4n) is 3.80. The maximum Gasteiger partial charge on any atom is 0.295 e. The molecule has 148 valence electrons. The number of rotatable bonds is 5. The fraction of sp³-hybridized carbons (Fsp3) is 0.286. The Morgan fingerprint density at radius 2 is 1.90 bits per heavy atom. The Bertz CT molecular complexity index is 996. The van der Waals surface area contributed by atoms with Crippen LogP contribution < -0.4 is 0 Å². The van der Waals surface area contributed by atoms with Crippen LogP contribution >= 0.6 is 0 Å². The van der Waals surface area contributed by atoms with Gasteiger partial charge in [-0.25, -0.2) is 9.67 Å². The molecule has 0 spiro atoms. The molecule has 1 amide bonds. The summed E-state index contributed by atoms with van der Waals surface area (Å²) < 4.78 is 1.32. The van der Waals surface area contributed by atoms with E-state index in [9.17, 15) is 14.9 Å². The largest absolute Gasteiger partial charge is 0.339 e. The minimum Gasteiger partial charge on any atom is -0.339 e. The zero-order valence-corrected chi connectivity index (χ0v) is 15.8. The van der Waals surface area contributed by atoms with Crippen molar-refractivity contribution in [1.29, 1.82) is 0 Å². The number of hydrogen-bond donors (Lipinski definition) is 0. The zero-order chi connectivity index (χ0) is 20.2. The van der Waals surface area contributed by atoms with Gasteiger partial charge in [-0.3, -0.25) is 14.9 Å². The Hall–Kier alpha value is -3.55. The van der Waals surface area contributed by atoms with Crippen molar-refractivity contribution in [3.05, 3.63) is 82.4 Å². The van der Waals surface area contributed by atoms with Gasteiger partial charge in [0, 0.05) is 24.7 Å². The highest BCUT2D eigenvalue weighted by atomic mass is 16.6. The third-order valence-corrected chi connectivity index (χ3v) is 5.35. The summed E-state index contributed by atoms with van der Waals surface area (Å²) in [5.74, 6) is 0.377. The van der Waals surface area contributed by atoms with Crippen LogP contribution in [0.4, 0.5) is 5.69 Å². The first-order valence-electron chi connectivity index (χ1n) is 9.58. The molecule has 0 unspecified atom stereocenters. The molecule has 0 saturated carbocycles. The highest BCUT2D eigenvalue weighted by Gasteiger charge is 2.26. The molecule has 8 heteroatoms. The van der Waals surface area contributed by atoms with E-state index in [-0.39, 0.29) is 17.3 Å². The van der Waals surface area contributed by atoms with Gasteiger partial charge in [0.25, 0.3) is 11.6 Å². The average Bonchev–Trinajstić information content (AvgIpc) is 3.29. The molecule has 0 N–H and O–H groups in total. The van der Waals surface area contributed by atoms with E-state index in [0.29, 0.717) is 24.6 Å². The van der Waals surface area contributed by atoms with Gasteiger partial charge in [-0.15, -0.1) is 0 Å². The molecule has 0 radical (unpaired) electrons. The molecule has 1 fully saturated rings. The highest BCUT2D eigenvalue weighted by Crippen LogP contribution is 2.26. The monoisotopic (exact) mass is 391 g/mol. The van der Waals surface area contributed by atoms with Crippen molar-refractivity contribution >= 4 is 11.6 Å². The first-order valence-corrected chi connectivity index (χ1v) is 9.58. The van der Waals surface area contributed by atoms with Gasteiger partial charge >= 0.3 is 0 Å². The van der Waals surface area contributed by atoms with Crippen molar-refractivity contribution in [1.82, 2.24) is 19.7 Å². The van der Waals surface area contributed by atoms with Gasteiger partial charge in [0.1, 0.15) is 18.3 Å². The van der Waals surface area contributed by atoms with E-state index < -0.39 is 4.92 Å². The molecular formula is C21H21N5O3. The summed E-state index contributed by atoms with van der Waals surface area (Å²) in [5, 5.41) is 15.4. The average molecular weight is 391 g/mol. The summed E-state index contributed by atoms with van der Waals surface area (Å²) in [6, 6.07) is 14.9. The third kappa shape index (κ3) is 4.16. The molecular weight excluding hydrogens is 370 g/mol. The molecule has 2 aromatic carbocycles. The Morgan fingerprint density at radius 1 is 1.14 bits per heavy atom. The number of hydrogen-bond acceptors (Lipinski definition) is 5. The quantitative estimate of drug-likeness (QED) is 0.491. The number of likely N-dealkylation sites (tertiary alicyclic amines) is 1. The van der Waals surface area contributed by atoms with Gasteiger partial charge in [-0.05, 0) is 42.9 Å². The predicted molar refractivity (Wildman–Crippen MR) is 107 cm³/mol. The van der Waals surface area contributed by atoms with Gasteiger partial charge in [0.2, 0.25) is 0 Å². The maximum atomic E-state index is 12.9. The van der Waals surface area contributed by atoms with E-state index in [0.717, 1.165) is 19.3 Å². The van der Waals surface area contributed by atoms with E-state index >= 15 is 0 Å². The SMILES string of the molecule is O=C(c1ccc(-n2cncn2)c([N+](=O)[O-])c1)N1CCC(Cc2ccccc2)CC1. The number of piperidine rings is 1. The van der Waals surface area contributed by atoms with Crippen LogP contribution in [-0.4, -0.2) is 43.6 Å². The molecule has 0 atom stereocenters. The summed E-state index contributed by atoms with van der Waals surface area (Å²) in [6.45, 7) is 1.32. The van der Waals surface area contributed by atoms with Crippen LogP contribution in [0, 0.1) is 16.0 Å². The van der Waals surface area contributed by atoms with Crippen LogP contribution in [0.25, 0.3) is 5.69 Å². The highest BCUT2D eigenvalue weighted by molar-refractivity contribution is 5.95. The molecule has 0 bridgehead atoms. The zero-order valence-electron chi connectivity index (χ0n) is 15.8. The third-order valence-electron chi connectivity index (χ3n) is 5.35. The predicted octanol–water partition coefficient (Wildman–Crippen LogP) is 3.27. The van der Waals surface area contributed by atoms with Crippen molar-refractivity contribution in [2.24, 2.45) is 5.92 Å². The summed E-state index contributed by atoms with van der Waals surface area (Å²) in [6.07, 6.45) is 5.57. The second kappa shape index (κ2) is 8.22. The first-order chi connectivity index (χ1) is 14.1. The fourth-order valence-corrected chi connectivity index (χ4v) is 3.80. The van der Waals surface area contributed by atoms with Gasteiger partial charge in [0.15, 0.2) is 0 Å². The summed E-state index contributed by atoms with van der Waals surface area (Å²) in [7, 11) is 0. The van der Waals surface area contributed by atoms with Crippen molar-refractivity contribution < 1.29 is 9.72 Å². The van der Waals surface area contributed by atoms with Crippen LogP contribution in [0.1, 0.15) is 28.8 Å².